The van der Waals surface area contributed by atoms with E-state index in [0.717, 1.165) is 25.6 Å². The van der Waals surface area contributed by atoms with E-state index in [9.17, 15) is 5.26 Å². The third-order valence-electron chi connectivity index (χ3n) is 4.75. The summed E-state index contributed by atoms with van der Waals surface area (Å²) in [6.07, 6.45) is 3.77. The van der Waals surface area contributed by atoms with Gasteiger partial charge in [-0.2, -0.15) is 5.26 Å². The van der Waals surface area contributed by atoms with Crippen molar-refractivity contribution in [3.05, 3.63) is 24.0 Å². The Balaban J connectivity index is 1.79. The second-order valence-electron chi connectivity index (χ2n) is 5.53. The summed E-state index contributed by atoms with van der Waals surface area (Å²) in [5.74, 6) is 0.794. The monoisotopic (exact) mass is 253 g/mol. The minimum atomic E-state index is -0.360. The largest absolute Gasteiger partial charge is 0.424 e. The molecular weight excluding hydrogens is 236 g/mol. The van der Waals surface area contributed by atoms with E-state index in [-0.39, 0.29) is 19.1 Å². The van der Waals surface area contributed by atoms with Crippen molar-refractivity contribution < 1.29 is 4.65 Å². The summed E-state index contributed by atoms with van der Waals surface area (Å²) in [6.45, 7) is 2.61. The Morgan fingerprint density at radius 1 is 1.58 bits per heavy atom. The van der Waals surface area contributed by atoms with E-state index >= 15 is 0 Å². The Kier molecular flexibility index (Phi) is 3.12. The van der Waals surface area contributed by atoms with E-state index in [1.54, 1.807) is 0 Å². The summed E-state index contributed by atoms with van der Waals surface area (Å²) in [5.41, 5.74) is 7.20. The van der Waals surface area contributed by atoms with Crippen LogP contribution in [0.3, 0.4) is 0 Å². The van der Waals surface area contributed by atoms with Gasteiger partial charge in [0.2, 0.25) is 0 Å². The highest BCUT2D eigenvalue weighted by Crippen LogP contribution is 2.67. The maximum atomic E-state index is 9.60. The van der Waals surface area contributed by atoms with Gasteiger partial charge in [-0.05, 0) is 30.5 Å². The van der Waals surface area contributed by atoms with E-state index in [1.807, 2.05) is 12.3 Å². The molecule has 1 aromatic heterocycles. The van der Waals surface area contributed by atoms with E-state index in [4.69, 9.17) is 10.4 Å². The van der Waals surface area contributed by atoms with Crippen molar-refractivity contribution in [1.29, 1.82) is 5.26 Å². The lowest BCUT2D eigenvalue weighted by Crippen LogP contribution is -2.26. The Morgan fingerprint density at radius 2 is 2.32 bits per heavy atom. The summed E-state index contributed by atoms with van der Waals surface area (Å²) in [7, 11) is 0.978. The quantitative estimate of drug-likeness (QED) is 0.611. The zero-order valence-electron chi connectivity index (χ0n) is 11.2. The molecule has 0 aromatic carbocycles. The van der Waals surface area contributed by atoms with Crippen LogP contribution in [0.4, 0.5) is 0 Å². The minimum Gasteiger partial charge on any atom is -0.424 e. The zero-order chi connectivity index (χ0) is 13.5. The van der Waals surface area contributed by atoms with Gasteiger partial charge in [0.25, 0.3) is 6.92 Å². The maximum absolute atomic E-state index is 9.60. The Bertz CT molecular complexity index is 502. The molecule has 2 aliphatic rings. The molecule has 4 nitrogen and oxygen atoms in total. The van der Waals surface area contributed by atoms with Gasteiger partial charge in [-0.25, -0.2) is 0 Å². The van der Waals surface area contributed by atoms with Gasteiger partial charge in [0.1, 0.15) is 5.41 Å². The summed E-state index contributed by atoms with van der Waals surface area (Å²) in [5, 5.41) is 9.60. The number of aromatic nitrogens is 1. The lowest BCUT2D eigenvalue weighted by Gasteiger charge is -2.16. The van der Waals surface area contributed by atoms with Gasteiger partial charge in [-0.3, -0.25) is 4.98 Å². The standard InChI is InChI=1S/C13H17B2N3O/c1-14-9-2-3-12(18-6-9)13(7-16)10-4-15(19-8-17)5-11(10)13/h2-3,6,10-11,14H,4-5,8,17H2,1H3. The molecule has 19 heavy (non-hydrogen) atoms. The van der Waals surface area contributed by atoms with Crippen molar-refractivity contribution in [2.24, 2.45) is 17.6 Å². The molecule has 1 saturated heterocycles. The van der Waals surface area contributed by atoms with Gasteiger partial charge in [-0.15, -0.1) is 0 Å². The first-order chi connectivity index (χ1) is 9.26. The molecule has 2 unspecified atom stereocenters. The van der Waals surface area contributed by atoms with Crippen LogP contribution in [0.15, 0.2) is 18.3 Å². The van der Waals surface area contributed by atoms with Crippen molar-refractivity contribution in [3.63, 3.8) is 0 Å². The van der Waals surface area contributed by atoms with Gasteiger partial charge in [0, 0.05) is 6.20 Å². The molecule has 6 heteroatoms. The number of hydrogen-bond donors (Lipinski definition) is 1. The molecule has 2 N–H and O–H groups in total. The van der Waals surface area contributed by atoms with Crippen LogP contribution in [-0.2, 0) is 10.1 Å². The van der Waals surface area contributed by atoms with Crippen LogP contribution >= 0.6 is 0 Å². The molecule has 0 spiro atoms. The van der Waals surface area contributed by atoms with Gasteiger partial charge in [0.15, 0.2) is 7.28 Å². The SMILES string of the molecule is CBc1ccc(C2(C#N)C3CB(OCN)CC32)nc1. The number of hydrogen-bond acceptors (Lipinski definition) is 4. The maximum Gasteiger partial charge on any atom is 0.295 e. The molecule has 2 fully saturated rings. The first-order valence-electron chi connectivity index (χ1n) is 6.94. The lowest BCUT2D eigenvalue weighted by molar-refractivity contribution is 0.330. The average Bonchev–Trinajstić information content (AvgIpc) is 2.83. The summed E-state index contributed by atoms with van der Waals surface area (Å²) < 4.78 is 5.46. The highest BCUT2D eigenvalue weighted by molar-refractivity contribution is 6.53. The molecule has 0 radical (unpaired) electrons. The van der Waals surface area contributed by atoms with Crippen LogP contribution in [0.5, 0.6) is 0 Å². The average molecular weight is 253 g/mol. The second-order valence-corrected chi connectivity index (χ2v) is 5.53. The van der Waals surface area contributed by atoms with Crippen molar-refractivity contribution >= 4 is 19.7 Å². The number of rotatable bonds is 4. The smallest absolute Gasteiger partial charge is 0.295 e. The van der Waals surface area contributed by atoms with Gasteiger partial charge < -0.3 is 10.4 Å². The fourth-order valence-corrected chi connectivity index (χ4v) is 3.65. The molecule has 0 amide bonds. The van der Waals surface area contributed by atoms with Crippen molar-refractivity contribution in [2.75, 3.05) is 6.73 Å². The van der Waals surface area contributed by atoms with Crippen LogP contribution in [0.1, 0.15) is 5.69 Å². The van der Waals surface area contributed by atoms with Crippen LogP contribution in [0.25, 0.3) is 0 Å². The van der Waals surface area contributed by atoms with Gasteiger partial charge in [-0.1, -0.05) is 18.4 Å². The molecule has 96 valence electrons. The fourth-order valence-electron chi connectivity index (χ4n) is 3.65. The predicted octanol–water partition coefficient (Wildman–Crippen LogP) is 0.137. The molecule has 1 aliphatic heterocycles. The minimum absolute atomic E-state index is 0.233. The molecule has 1 aliphatic carbocycles. The molecule has 0 bridgehead atoms. The van der Waals surface area contributed by atoms with Gasteiger partial charge in [0.05, 0.1) is 18.5 Å². The number of pyridine rings is 1. The third-order valence-corrected chi connectivity index (χ3v) is 4.75. The summed E-state index contributed by atoms with van der Waals surface area (Å²) in [6, 6.07) is 6.64. The first-order valence-corrected chi connectivity index (χ1v) is 6.94. The zero-order valence-corrected chi connectivity index (χ0v) is 11.2. The summed E-state index contributed by atoms with van der Waals surface area (Å²) in [4.78, 5) is 4.52. The molecule has 1 saturated carbocycles. The Morgan fingerprint density at radius 3 is 2.79 bits per heavy atom. The van der Waals surface area contributed by atoms with Crippen LogP contribution in [0.2, 0.25) is 19.5 Å². The number of fused-ring (bicyclic) bond motifs is 1. The normalized spacial score (nSPS) is 31.7. The van der Waals surface area contributed by atoms with Crippen molar-refractivity contribution in [3.8, 4) is 6.07 Å². The Hall–Kier alpha value is -1.31. The second kappa shape index (κ2) is 4.66. The van der Waals surface area contributed by atoms with Crippen molar-refractivity contribution in [2.45, 2.75) is 24.9 Å². The topological polar surface area (TPSA) is 71.9 Å². The number of nitrogens with two attached hydrogens (primary N) is 1. The summed E-state index contributed by atoms with van der Waals surface area (Å²) >= 11 is 0. The fraction of sp³-hybridized carbons (Fsp3) is 0.538. The number of nitriles is 1. The van der Waals surface area contributed by atoms with E-state index in [1.165, 1.54) is 5.46 Å². The highest BCUT2D eigenvalue weighted by Gasteiger charge is 2.71. The van der Waals surface area contributed by atoms with Crippen LogP contribution in [-0.4, -0.2) is 25.9 Å². The highest BCUT2D eigenvalue weighted by atomic mass is 16.4. The van der Waals surface area contributed by atoms with Crippen LogP contribution < -0.4 is 11.2 Å². The van der Waals surface area contributed by atoms with Gasteiger partial charge >= 0.3 is 0 Å². The molecule has 2 atom stereocenters. The molecule has 3 rings (SSSR count). The first kappa shape index (κ1) is 12.7. The number of nitrogens with zero attached hydrogens (tertiary/aromatic N) is 2. The lowest BCUT2D eigenvalue weighted by atomic mass is 9.60. The van der Waals surface area contributed by atoms with E-state index in [2.05, 4.69) is 23.9 Å². The molecule has 1 aromatic rings. The molecule has 2 heterocycles. The predicted molar refractivity (Wildman–Crippen MR) is 76.7 cm³/mol. The van der Waals surface area contributed by atoms with E-state index < -0.39 is 0 Å². The van der Waals surface area contributed by atoms with Crippen LogP contribution in [0, 0.1) is 23.2 Å². The Labute approximate surface area is 114 Å². The molecular formula is C13H17B2N3O. The third kappa shape index (κ3) is 1.80. The van der Waals surface area contributed by atoms with Crippen molar-refractivity contribution in [1.82, 2.24) is 4.98 Å². The van der Waals surface area contributed by atoms with E-state index in [0.29, 0.717) is 11.8 Å².